The molecular weight excluding hydrogens is 266 g/mol. The molecule has 0 spiro atoms. The van der Waals surface area contributed by atoms with Crippen molar-refractivity contribution in [3.05, 3.63) is 23.8 Å². The van der Waals surface area contributed by atoms with E-state index in [0.717, 1.165) is 31.0 Å². The maximum absolute atomic E-state index is 9.61. The van der Waals surface area contributed by atoms with Crippen LogP contribution in [0.5, 0.6) is 11.5 Å². The highest BCUT2D eigenvalue weighted by Gasteiger charge is 2.25. The van der Waals surface area contributed by atoms with Crippen molar-refractivity contribution in [2.45, 2.75) is 51.8 Å². The first-order valence-electron chi connectivity index (χ1n) is 7.85. The minimum absolute atomic E-state index is 0.231. The topological polar surface area (TPSA) is 41.9 Å². The van der Waals surface area contributed by atoms with Crippen molar-refractivity contribution >= 4 is 0 Å². The summed E-state index contributed by atoms with van der Waals surface area (Å²) in [5, 5.41) is 9.61. The zero-order chi connectivity index (χ0) is 15.2. The highest BCUT2D eigenvalue weighted by Crippen LogP contribution is 2.30. The van der Waals surface area contributed by atoms with Crippen molar-refractivity contribution in [1.82, 2.24) is 4.90 Å². The average molecular weight is 293 g/mol. The minimum Gasteiger partial charge on any atom is -0.493 e. The number of hydrogen-bond donors (Lipinski definition) is 1. The SMILES string of the molecule is CCOc1ccc(CN2CCCC2CC(C)O)cc1OC. The lowest BCUT2D eigenvalue weighted by atomic mass is 10.1. The Morgan fingerprint density at radius 3 is 2.86 bits per heavy atom. The van der Waals surface area contributed by atoms with Crippen molar-refractivity contribution in [3.63, 3.8) is 0 Å². The van der Waals surface area contributed by atoms with Crippen LogP contribution in [0.4, 0.5) is 0 Å². The van der Waals surface area contributed by atoms with E-state index in [9.17, 15) is 5.11 Å². The van der Waals surface area contributed by atoms with E-state index in [4.69, 9.17) is 9.47 Å². The van der Waals surface area contributed by atoms with Gasteiger partial charge in [0.2, 0.25) is 0 Å². The normalized spacial score (nSPS) is 20.5. The molecule has 1 saturated heterocycles. The smallest absolute Gasteiger partial charge is 0.161 e. The Morgan fingerprint density at radius 1 is 1.38 bits per heavy atom. The summed E-state index contributed by atoms with van der Waals surface area (Å²) >= 11 is 0. The van der Waals surface area contributed by atoms with Crippen LogP contribution in [0.3, 0.4) is 0 Å². The van der Waals surface area contributed by atoms with Crippen molar-refractivity contribution in [3.8, 4) is 11.5 Å². The molecule has 1 fully saturated rings. The zero-order valence-electron chi connectivity index (χ0n) is 13.3. The lowest BCUT2D eigenvalue weighted by molar-refractivity contribution is 0.130. The Hall–Kier alpha value is -1.26. The molecule has 2 rings (SSSR count). The summed E-state index contributed by atoms with van der Waals surface area (Å²) in [4.78, 5) is 2.46. The number of rotatable bonds is 7. The van der Waals surface area contributed by atoms with Gasteiger partial charge in [-0.05, 0) is 57.4 Å². The van der Waals surface area contributed by atoms with Gasteiger partial charge in [-0.2, -0.15) is 0 Å². The molecule has 0 aliphatic carbocycles. The predicted molar refractivity (Wildman–Crippen MR) is 83.9 cm³/mol. The Balaban J connectivity index is 2.05. The van der Waals surface area contributed by atoms with Crippen LogP contribution in [0.25, 0.3) is 0 Å². The van der Waals surface area contributed by atoms with Crippen molar-refractivity contribution in [2.24, 2.45) is 0 Å². The standard InChI is InChI=1S/C17H27NO3/c1-4-21-16-8-7-14(11-17(16)20-3)12-18-9-5-6-15(18)10-13(2)19/h7-8,11,13,15,19H,4-6,9-10,12H2,1-3H3. The molecule has 0 aromatic heterocycles. The molecule has 0 amide bonds. The van der Waals surface area contributed by atoms with Gasteiger partial charge in [0.05, 0.1) is 19.8 Å². The fraction of sp³-hybridized carbons (Fsp3) is 0.647. The molecule has 4 heteroatoms. The molecule has 1 aromatic rings. The van der Waals surface area contributed by atoms with Gasteiger partial charge in [0.1, 0.15) is 0 Å². The molecule has 1 aliphatic rings. The van der Waals surface area contributed by atoms with Crippen LogP contribution in [-0.2, 0) is 6.54 Å². The maximum Gasteiger partial charge on any atom is 0.161 e. The summed E-state index contributed by atoms with van der Waals surface area (Å²) in [6.45, 7) is 6.49. The summed E-state index contributed by atoms with van der Waals surface area (Å²) in [6, 6.07) is 6.63. The number of likely N-dealkylation sites (tertiary alicyclic amines) is 1. The van der Waals surface area contributed by atoms with E-state index < -0.39 is 0 Å². The summed E-state index contributed by atoms with van der Waals surface area (Å²) < 4.78 is 11.0. The molecular formula is C17H27NO3. The van der Waals surface area contributed by atoms with Gasteiger partial charge in [0, 0.05) is 12.6 Å². The molecule has 2 atom stereocenters. The highest BCUT2D eigenvalue weighted by molar-refractivity contribution is 5.43. The van der Waals surface area contributed by atoms with Crippen LogP contribution in [0.15, 0.2) is 18.2 Å². The monoisotopic (exact) mass is 293 g/mol. The predicted octanol–water partition coefficient (Wildman–Crippen LogP) is 2.83. The van der Waals surface area contributed by atoms with Crippen LogP contribution >= 0.6 is 0 Å². The van der Waals surface area contributed by atoms with Crippen LogP contribution in [0.1, 0.15) is 38.7 Å². The Kier molecular flexibility index (Phi) is 5.88. The molecule has 1 N–H and O–H groups in total. The second-order valence-corrected chi connectivity index (χ2v) is 5.77. The number of nitrogens with zero attached hydrogens (tertiary/aromatic N) is 1. The fourth-order valence-corrected chi connectivity index (χ4v) is 3.08. The summed E-state index contributed by atoms with van der Waals surface area (Å²) in [5.74, 6) is 1.59. The van der Waals surface area contributed by atoms with Gasteiger partial charge >= 0.3 is 0 Å². The molecule has 1 heterocycles. The number of aliphatic hydroxyl groups is 1. The molecule has 1 aromatic carbocycles. The summed E-state index contributed by atoms with van der Waals surface area (Å²) in [7, 11) is 1.67. The van der Waals surface area contributed by atoms with E-state index in [1.165, 1.54) is 18.4 Å². The van der Waals surface area contributed by atoms with Crippen LogP contribution in [-0.4, -0.2) is 42.4 Å². The van der Waals surface area contributed by atoms with Crippen LogP contribution in [0, 0.1) is 0 Å². The third-order valence-corrected chi connectivity index (χ3v) is 4.03. The van der Waals surface area contributed by atoms with Gasteiger partial charge in [-0.3, -0.25) is 4.90 Å². The lowest BCUT2D eigenvalue weighted by Crippen LogP contribution is -2.31. The Labute approximate surface area is 127 Å². The molecule has 0 saturated carbocycles. The average Bonchev–Trinajstić information content (AvgIpc) is 2.87. The van der Waals surface area contributed by atoms with E-state index >= 15 is 0 Å². The van der Waals surface area contributed by atoms with Crippen molar-refractivity contribution in [1.29, 1.82) is 0 Å². The minimum atomic E-state index is -0.231. The van der Waals surface area contributed by atoms with Gasteiger partial charge in [-0.1, -0.05) is 6.07 Å². The first-order valence-corrected chi connectivity index (χ1v) is 7.85. The fourth-order valence-electron chi connectivity index (χ4n) is 3.08. The molecule has 21 heavy (non-hydrogen) atoms. The molecule has 0 bridgehead atoms. The van der Waals surface area contributed by atoms with E-state index in [-0.39, 0.29) is 6.10 Å². The number of ether oxygens (including phenoxy) is 2. The number of methoxy groups -OCH3 is 1. The second kappa shape index (κ2) is 7.66. The largest absolute Gasteiger partial charge is 0.493 e. The van der Waals surface area contributed by atoms with Gasteiger partial charge < -0.3 is 14.6 Å². The first-order chi connectivity index (χ1) is 10.1. The molecule has 1 aliphatic heterocycles. The van der Waals surface area contributed by atoms with Crippen molar-refractivity contribution in [2.75, 3.05) is 20.3 Å². The third kappa shape index (κ3) is 4.35. The number of hydrogen-bond acceptors (Lipinski definition) is 4. The molecule has 4 nitrogen and oxygen atoms in total. The molecule has 118 valence electrons. The maximum atomic E-state index is 9.61. The summed E-state index contributed by atoms with van der Waals surface area (Å²) in [5.41, 5.74) is 1.23. The lowest BCUT2D eigenvalue weighted by Gasteiger charge is -2.25. The van der Waals surface area contributed by atoms with Gasteiger partial charge in [-0.25, -0.2) is 0 Å². The summed E-state index contributed by atoms with van der Waals surface area (Å²) in [6.07, 6.45) is 3.02. The molecule has 0 radical (unpaired) electrons. The quantitative estimate of drug-likeness (QED) is 0.839. The van der Waals surface area contributed by atoms with E-state index in [1.807, 2.05) is 19.9 Å². The number of benzene rings is 1. The Bertz CT molecular complexity index is 448. The van der Waals surface area contributed by atoms with Crippen LogP contribution in [0.2, 0.25) is 0 Å². The molecule has 2 unspecified atom stereocenters. The van der Waals surface area contributed by atoms with E-state index in [0.29, 0.717) is 12.6 Å². The first kappa shape index (κ1) is 16.1. The highest BCUT2D eigenvalue weighted by atomic mass is 16.5. The van der Waals surface area contributed by atoms with Crippen LogP contribution < -0.4 is 9.47 Å². The Morgan fingerprint density at radius 2 is 2.19 bits per heavy atom. The second-order valence-electron chi connectivity index (χ2n) is 5.77. The van der Waals surface area contributed by atoms with Gasteiger partial charge in [0.15, 0.2) is 11.5 Å². The van der Waals surface area contributed by atoms with E-state index in [1.54, 1.807) is 7.11 Å². The van der Waals surface area contributed by atoms with Gasteiger partial charge in [-0.15, -0.1) is 0 Å². The third-order valence-electron chi connectivity index (χ3n) is 4.03. The zero-order valence-corrected chi connectivity index (χ0v) is 13.3. The van der Waals surface area contributed by atoms with Crippen molar-refractivity contribution < 1.29 is 14.6 Å². The van der Waals surface area contributed by atoms with Gasteiger partial charge in [0.25, 0.3) is 0 Å². The van der Waals surface area contributed by atoms with E-state index in [2.05, 4.69) is 17.0 Å². The number of aliphatic hydroxyl groups excluding tert-OH is 1.